The number of fused-ring (bicyclic) bond motifs is 1. The van der Waals surface area contributed by atoms with Crippen molar-refractivity contribution in [2.45, 2.75) is 40.2 Å². The molecule has 0 radical (unpaired) electrons. The molecule has 2 aromatic rings. The Morgan fingerprint density at radius 1 is 1.36 bits per heavy atom. The summed E-state index contributed by atoms with van der Waals surface area (Å²) in [6.45, 7) is 7.54. The molecule has 1 amide bonds. The van der Waals surface area contributed by atoms with Crippen LogP contribution in [-0.2, 0) is 4.79 Å². The lowest BCUT2D eigenvalue weighted by Gasteiger charge is -2.16. The molecule has 1 unspecified atom stereocenters. The molecule has 0 aliphatic rings. The molecule has 2 rings (SSSR count). The van der Waals surface area contributed by atoms with Gasteiger partial charge in [0.1, 0.15) is 17.4 Å². The number of carboxylic acids is 1. The summed E-state index contributed by atoms with van der Waals surface area (Å²) in [4.78, 5) is 28.1. The molecule has 2 aromatic heterocycles. The highest BCUT2D eigenvalue weighted by Gasteiger charge is 2.24. The van der Waals surface area contributed by atoms with Crippen LogP contribution in [0.5, 0.6) is 0 Å². The van der Waals surface area contributed by atoms with E-state index in [1.165, 1.54) is 0 Å². The second-order valence-electron chi connectivity index (χ2n) is 5.97. The van der Waals surface area contributed by atoms with Crippen molar-refractivity contribution in [1.29, 1.82) is 0 Å². The van der Waals surface area contributed by atoms with Gasteiger partial charge in [-0.05, 0) is 43.9 Å². The van der Waals surface area contributed by atoms with E-state index in [4.69, 9.17) is 0 Å². The van der Waals surface area contributed by atoms with E-state index in [1.54, 1.807) is 17.5 Å². The summed E-state index contributed by atoms with van der Waals surface area (Å²) in [5.41, 5.74) is 2.69. The molecule has 0 aliphatic carbocycles. The minimum absolute atomic E-state index is 0.173. The number of aliphatic carboxylic acids is 1. The Bertz CT molecular complexity index is 719. The number of rotatable bonds is 5. The Hall–Kier alpha value is -2.37. The lowest BCUT2D eigenvalue weighted by atomic mass is 10.0. The number of hydrogen-bond acceptors (Lipinski definition) is 3. The van der Waals surface area contributed by atoms with Crippen LogP contribution < -0.4 is 5.32 Å². The van der Waals surface area contributed by atoms with Crippen molar-refractivity contribution in [3.05, 3.63) is 35.3 Å². The van der Waals surface area contributed by atoms with Crippen LogP contribution in [0, 0.1) is 19.8 Å². The highest BCUT2D eigenvalue weighted by Crippen LogP contribution is 2.14. The molecule has 0 spiro atoms. The van der Waals surface area contributed by atoms with Crippen molar-refractivity contribution in [3.63, 3.8) is 0 Å². The van der Waals surface area contributed by atoms with E-state index >= 15 is 0 Å². The Balaban J connectivity index is 2.33. The predicted octanol–water partition coefficient (Wildman–Crippen LogP) is 2.18. The second kappa shape index (κ2) is 6.17. The van der Waals surface area contributed by atoms with Crippen molar-refractivity contribution in [2.75, 3.05) is 0 Å². The number of carbonyl (C=O) groups is 2. The largest absolute Gasteiger partial charge is 0.480 e. The van der Waals surface area contributed by atoms with E-state index in [1.807, 2.05) is 32.9 Å². The van der Waals surface area contributed by atoms with E-state index in [9.17, 15) is 14.7 Å². The summed E-state index contributed by atoms with van der Waals surface area (Å²) < 4.78 is 1.69. The molecule has 6 heteroatoms. The maximum atomic E-state index is 12.5. The first-order chi connectivity index (χ1) is 10.3. The second-order valence-corrected chi connectivity index (χ2v) is 5.97. The summed E-state index contributed by atoms with van der Waals surface area (Å²) in [5.74, 6) is -1.27. The summed E-state index contributed by atoms with van der Waals surface area (Å²) in [5, 5.41) is 11.8. The third-order valence-electron chi connectivity index (χ3n) is 3.48. The summed E-state index contributed by atoms with van der Waals surface area (Å²) in [6, 6.07) is 2.86. The number of carboxylic acid groups (broad SMARTS) is 1. The lowest BCUT2D eigenvalue weighted by molar-refractivity contribution is -0.139. The third-order valence-corrected chi connectivity index (χ3v) is 3.48. The van der Waals surface area contributed by atoms with Gasteiger partial charge >= 0.3 is 5.97 Å². The van der Waals surface area contributed by atoms with Gasteiger partial charge < -0.3 is 10.4 Å². The normalized spacial score (nSPS) is 12.6. The van der Waals surface area contributed by atoms with Crippen LogP contribution in [-0.4, -0.2) is 32.4 Å². The molecular weight excluding hydrogens is 282 g/mol. The predicted molar refractivity (Wildman–Crippen MR) is 83.0 cm³/mol. The minimum Gasteiger partial charge on any atom is -0.480 e. The highest BCUT2D eigenvalue weighted by molar-refractivity contribution is 5.97. The topological polar surface area (TPSA) is 83.7 Å². The zero-order valence-electron chi connectivity index (χ0n) is 13.3. The minimum atomic E-state index is -1.02. The number of carbonyl (C=O) groups excluding carboxylic acids is 1. The smallest absolute Gasteiger partial charge is 0.326 e. The van der Waals surface area contributed by atoms with Crippen molar-refractivity contribution >= 4 is 17.5 Å². The number of aromatic nitrogens is 2. The van der Waals surface area contributed by atoms with E-state index in [0.717, 1.165) is 5.56 Å². The summed E-state index contributed by atoms with van der Waals surface area (Å²) >= 11 is 0. The fourth-order valence-corrected chi connectivity index (χ4v) is 2.46. The molecule has 6 nitrogen and oxygen atoms in total. The van der Waals surface area contributed by atoms with Gasteiger partial charge in [-0.25, -0.2) is 9.78 Å². The van der Waals surface area contributed by atoms with Crippen molar-refractivity contribution in [2.24, 2.45) is 5.92 Å². The maximum absolute atomic E-state index is 12.5. The highest BCUT2D eigenvalue weighted by atomic mass is 16.4. The van der Waals surface area contributed by atoms with Crippen LogP contribution >= 0.6 is 0 Å². The number of nitrogens with zero attached hydrogens (tertiary/aromatic N) is 2. The SMILES string of the molecule is Cc1ccn2c(C(=O)NC(CC(C)C)C(=O)O)c(C)nc2c1. The van der Waals surface area contributed by atoms with Crippen LogP contribution in [0.2, 0.25) is 0 Å². The Morgan fingerprint density at radius 2 is 2.05 bits per heavy atom. The van der Waals surface area contributed by atoms with E-state index < -0.39 is 17.9 Å². The Labute approximate surface area is 129 Å². The zero-order chi connectivity index (χ0) is 16.4. The molecule has 0 saturated carbocycles. The van der Waals surface area contributed by atoms with Gasteiger partial charge in [-0.3, -0.25) is 9.20 Å². The summed E-state index contributed by atoms with van der Waals surface area (Å²) in [6.07, 6.45) is 2.16. The molecule has 0 fully saturated rings. The first kappa shape index (κ1) is 16.0. The van der Waals surface area contributed by atoms with Gasteiger partial charge in [0.15, 0.2) is 0 Å². The van der Waals surface area contributed by atoms with Crippen molar-refractivity contribution in [3.8, 4) is 0 Å². The standard InChI is InChI=1S/C16H21N3O3/c1-9(2)7-12(16(21)22)18-15(20)14-11(4)17-13-8-10(3)5-6-19(13)14/h5-6,8-9,12H,7H2,1-4H3,(H,18,20)(H,21,22). The third kappa shape index (κ3) is 3.27. The summed E-state index contributed by atoms with van der Waals surface area (Å²) in [7, 11) is 0. The van der Waals surface area contributed by atoms with E-state index in [0.29, 0.717) is 23.5 Å². The van der Waals surface area contributed by atoms with E-state index in [2.05, 4.69) is 10.3 Å². The number of pyridine rings is 1. The Kier molecular flexibility index (Phi) is 4.49. The molecule has 0 aromatic carbocycles. The fraction of sp³-hybridized carbons (Fsp3) is 0.438. The van der Waals surface area contributed by atoms with Crippen molar-refractivity contribution < 1.29 is 14.7 Å². The van der Waals surface area contributed by atoms with Gasteiger partial charge in [-0.2, -0.15) is 0 Å². The molecule has 118 valence electrons. The average Bonchev–Trinajstić information content (AvgIpc) is 2.72. The molecule has 0 aliphatic heterocycles. The fourth-order valence-electron chi connectivity index (χ4n) is 2.46. The first-order valence-electron chi connectivity index (χ1n) is 7.28. The van der Waals surface area contributed by atoms with Crippen molar-refractivity contribution in [1.82, 2.24) is 14.7 Å². The van der Waals surface area contributed by atoms with Gasteiger partial charge in [0.2, 0.25) is 0 Å². The molecule has 0 bridgehead atoms. The number of nitrogens with one attached hydrogen (secondary N) is 1. The number of amides is 1. The first-order valence-corrected chi connectivity index (χ1v) is 7.28. The van der Waals surface area contributed by atoms with Crippen LogP contribution in [0.4, 0.5) is 0 Å². The van der Waals surface area contributed by atoms with Crippen LogP contribution in [0.1, 0.15) is 42.0 Å². The molecule has 0 saturated heterocycles. The van der Waals surface area contributed by atoms with Crippen LogP contribution in [0.25, 0.3) is 5.65 Å². The number of aryl methyl sites for hydroxylation is 2. The van der Waals surface area contributed by atoms with E-state index in [-0.39, 0.29) is 5.92 Å². The number of imidazole rings is 1. The Morgan fingerprint density at radius 3 is 2.64 bits per heavy atom. The molecule has 2 N–H and O–H groups in total. The lowest BCUT2D eigenvalue weighted by Crippen LogP contribution is -2.42. The van der Waals surface area contributed by atoms with Crippen LogP contribution in [0.15, 0.2) is 18.3 Å². The zero-order valence-corrected chi connectivity index (χ0v) is 13.3. The molecule has 2 heterocycles. The maximum Gasteiger partial charge on any atom is 0.326 e. The quantitative estimate of drug-likeness (QED) is 0.886. The molecule has 1 atom stereocenters. The van der Waals surface area contributed by atoms with Gasteiger partial charge in [0, 0.05) is 6.20 Å². The van der Waals surface area contributed by atoms with Gasteiger partial charge in [0.05, 0.1) is 5.69 Å². The average molecular weight is 303 g/mol. The molecular formula is C16H21N3O3. The van der Waals surface area contributed by atoms with Gasteiger partial charge in [0.25, 0.3) is 5.91 Å². The monoisotopic (exact) mass is 303 g/mol. The van der Waals surface area contributed by atoms with Gasteiger partial charge in [-0.15, -0.1) is 0 Å². The number of hydrogen-bond donors (Lipinski definition) is 2. The van der Waals surface area contributed by atoms with Gasteiger partial charge in [-0.1, -0.05) is 13.8 Å². The molecule has 22 heavy (non-hydrogen) atoms. The van der Waals surface area contributed by atoms with Crippen LogP contribution in [0.3, 0.4) is 0 Å².